The maximum absolute atomic E-state index is 11.6. The van der Waals surface area contributed by atoms with E-state index in [1.165, 1.54) is 7.11 Å². The van der Waals surface area contributed by atoms with Crippen molar-refractivity contribution in [2.75, 3.05) is 7.11 Å². The van der Waals surface area contributed by atoms with Crippen LogP contribution in [-0.2, 0) is 10.0 Å². The van der Waals surface area contributed by atoms with Gasteiger partial charge in [0.15, 0.2) is 0 Å². The van der Waals surface area contributed by atoms with Gasteiger partial charge in [0.1, 0.15) is 16.4 Å². The third-order valence-corrected chi connectivity index (χ3v) is 4.13. The van der Waals surface area contributed by atoms with Gasteiger partial charge in [0, 0.05) is 17.2 Å². The third kappa shape index (κ3) is 3.10. The number of phenolic OH excluding ortho intramolecular Hbond substituents is 1. The molecular weight excluding hydrogens is 304 g/mol. The van der Waals surface area contributed by atoms with Gasteiger partial charge in [0.05, 0.1) is 12.8 Å². The van der Waals surface area contributed by atoms with Gasteiger partial charge < -0.3 is 9.84 Å². The molecule has 6 nitrogen and oxygen atoms in total. The highest BCUT2D eigenvalue weighted by molar-refractivity contribution is 7.89. The fourth-order valence-electron chi connectivity index (χ4n) is 2.01. The van der Waals surface area contributed by atoms with E-state index in [-0.39, 0.29) is 27.7 Å². The normalized spacial score (nSPS) is 11.2. The summed E-state index contributed by atoms with van der Waals surface area (Å²) in [7, 11) is -2.77. The largest absolute Gasteiger partial charge is 0.507 e. The van der Waals surface area contributed by atoms with Crippen LogP contribution in [0, 0.1) is 12.3 Å². The standard InChI is InChI=1S/C15H16N2O4S/c1-9-3-5-10(6-4-9)15(16)11-7-14(22(17,19)20)13(21-2)8-12(11)18/h3-8,16,18H,1-2H3,(H2,17,19,20). The summed E-state index contributed by atoms with van der Waals surface area (Å²) in [6.07, 6.45) is 0. The number of benzene rings is 2. The molecule has 0 unspecified atom stereocenters. The molecule has 22 heavy (non-hydrogen) atoms. The minimum absolute atomic E-state index is 0.00921. The molecule has 0 fully saturated rings. The van der Waals surface area contributed by atoms with Gasteiger partial charge in [-0.2, -0.15) is 0 Å². The number of ether oxygens (including phenoxy) is 1. The molecule has 4 N–H and O–H groups in total. The van der Waals surface area contributed by atoms with Gasteiger partial charge in [0.2, 0.25) is 10.0 Å². The highest BCUT2D eigenvalue weighted by Gasteiger charge is 2.21. The van der Waals surface area contributed by atoms with Crippen molar-refractivity contribution in [1.82, 2.24) is 0 Å². The van der Waals surface area contributed by atoms with Crippen LogP contribution in [0.4, 0.5) is 0 Å². The van der Waals surface area contributed by atoms with Crippen LogP contribution in [0.1, 0.15) is 16.7 Å². The summed E-state index contributed by atoms with van der Waals surface area (Å²) in [6.45, 7) is 1.91. The van der Waals surface area contributed by atoms with Gasteiger partial charge in [-0.15, -0.1) is 0 Å². The first-order valence-electron chi connectivity index (χ1n) is 6.34. The Bertz CT molecular complexity index is 827. The quantitative estimate of drug-likeness (QED) is 0.745. The predicted molar refractivity (Wildman–Crippen MR) is 83.1 cm³/mol. The molecule has 0 saturated heterocycles. The summed E-state index contributed by atoms with van der Waals surface area (Å²) in [5.74, 6) is -0.324. The van der Waals surface area contributed by atoms with Crippen LogP contribution < -0.4 is 9.88 Å². The van der Waals surface area contributed by atoms with E-state index in [0.717, 1.165) is 17.7 Å². The van der Waals surface area contributed by atoms with Crippen molar-refractivity contribution in [3.63, 3.8) is 0 Å². The summed E-state index contributed by atoms with van der Waals surface area (Å²) in [5, 5.41) is 23.4. The van der Waals surface area contributed by atoms with Gasteiger partial charge in [-0.1, -0.05) is 29.8 Å². The lowest BCUT2D eigenvalue weighted by Gasteiger charge is -2.12. The molecule has 0 heterocycles. The lowest BCUT2D eigenvalue weighted by molar-refractivity contribution is 0.396. The number of nitrogens with two attached hydrogens (primary N) is 1. The minimum Gasteiger partial charge on any atom is -0.507 e. The Labute approximate surface area is 128 Å². The molecule has 0 atom stereocenters. The number of aryl methyl sites for hydroxylation is 1. The lowest BCUT2D eigenvalue weighted by atomic mass is 10.0. The Kier molecular flexibility index (Phi) is 4.20. The van der Waals surface area contributed by atoms with Crippen molar-refractivity contribution in [2.45, 2.75) is 11.8 Å². The summed E-state index contributed by atoms with van der Waals surface area (Å²) >= 11 is 0. The number of phenols is 1. The summed E-state index contributed by atoms with van der Waals surface area (Å²) in [5.41, 5.74) is 1.63. The number of methoxy groups -OCH3 is 1. The van der Waals surface area contributed by atoms with E-state index in [1.807, 2.05) is 19.1 Å². The molecule has 2 rings (SSSR count). The van der Waals surface area contributed by atoms with Crippen LogP contribution in [0.25, 0.3) is 0 Å². The topological polar surface area (TPSA) is 113 Å². The van der Waals surface area contributed by atoms with Gasteiger partial charge >= 0.3 is 0 Å². The lowest BCUT2D eigenvalue weighted by Crippen LogP contribution is -2.15. The van der Waals surface area contributed by atoms with Gasteiger partial charge in [-0.25, -0.2) is 13.6 Å². The van der Waals surface area contributed by atoms with E-state index in [1.54, 1.807) is 12.1 Å². The van der Waals surface area contributed by atoms with Crippen molar-refractivity contribution in [1.29, 1.82) is 5.41 Å². The van der Waals surface area contributed by atoms with Crippen LogP contribution in [-0.4, -0.2) is 26.3 Å². The molecule has 0 aliphatic heterocycles. The highest BCUT2D eigenvalue weighted by atomic mass is 32.2. The maximum Gasteiger partial charge on any atom is 0.241 e. The van der Waals surface area contributed by atoms with Crippen LogP contribution in [0.3, 0.4) is 0 Å². The van der Waals surface area contributed by atoms with E-state index in [9.17, 15) is 13.5 Å². The van der Waals surface area contributed by atoms with Crippen molar-refractivity contribution in [3.8, 4) is 11.5 Å². The molecule has 0 radical (unpaired) electrons. The number of hydrogen-bond donors (Lipinski definition) is 3. The predicted octanol–water partition coefficient (Wildman–Crippen LogP) is 1.77. The van der Waals surface area contributed by atoms with Crippen LogP contribution in [0.5, 0.6) is 11.5 Å². The molecule has 0 bridgehead atoms. The second-order valence-corrected chi connectivity index (χ2v) is 6.34. The van der Waals surface area contributed by atoms with Crippen LogP contribution in [0.15, 0.2) is 41.3 Å². The molecule has 7 heteroatoms. The maximum atomic E-state index is 11.6. The van der Waals surface area contributed by atoms with Crippen LogP contribution in [0.2, 0.25) is 0 Å². The molecule has 0 spiro atoms. The zero-order valence-electron chi connectivity index (χ0n) is 12.1. The Morgan fingerprint density at radius 2 is 1.82 bits per heavy atom. The van der Waals surface area contributed by atoms with Crippen molar-refractivity contribution in [3.05, 3.63) is 53.1 Å². The third-order valence-electron chi connectivity index (χ3n) is 3.20. The first-order valence-corrected chi connectivity index (χ1v) is 7.88. The SMILES string of the molecule is COc1cc(O)c(C(=N)c2ccc(C)cc2)cc1S(N)(=O)=O. The number of hydrogen-bond acceptors (Lipinski definition) is 5. The Morgan fingerprint density at radius 1 is 1.23 bits per heavy atom. The molecule has 0 aromatic heterocycles. The van der Waals surface area contributed by atoms with E-state index >= 15 is 0 Å². The monoisotopic (exact) mass is 320 g/mol. The fraction of sp³-hybridized carbons (Fsp3) is 0.133. The number of rotatable bonds is 4. The van der Waals surface area contributed by atoms with E-state index < -0.39 is 10.0 Å². The number of sulfonamides is 1. The molecule has 2 aromatic rings. The average Bonchev–Trinajstić information content (AvgIpc) is 2.45. The smallest absolute Gasteiger partial charge is 0.241 e. The number of aromatic hydroxyl groups is 1. The van der Waals surface area contributed by atoms with Gasteiger partial charge in [0.25, 0.3) is 0 Å². The Hall–Kier alpha value is -2.38. The zero-order valence-corrected chi connectivity index (χ0v) is 12.9. The average molecular weight is 320 g/mol. The number of nitrogens with one attached hydrogen (secondary N) is 1. The zero-order chi connectivity index (χ0) is 16.5. The molecule has 0 aliphatic rings. The molecule has 0 amide bonds. The first-order chi connectivity index (χ1) is 10.2. The minimum atomic E-state index is -4.04. The molecule has 116 valence electrons. The first kappa shape index (κ1) is 16.0. The fourth-order valence-corrected chi connectivity index (χ4v) is 2.71. The van der Waals surface area contributed by atoms with Crippen molar-refractivity contribution in [2.24, 2.45) is 5.14 Å². The molecule has 2 aromatic carbocycles. The Balaban J connectivity index is 2.60. The van der Waals surface area contributed by atoms with Crippen molar-refractivity contribution < 1.29 is 18.3 Å². The van der Waals surface area contributed by atoms with E-state index in [0.29, 0.717) is 5.56 Å². The summed E-state index contributed by atoms with van der Waals surface area (Å²) in [4.78, 5) is -0.278. The van der Waals surface area contributed by atoms with E-state index in [2.05, 4.69) is 0 Å². The van der Waals surface area contributed by atoms with Gasteiger partial charge in [-0.3, -0.25) is 5.41 Å². The van der Waals surface area contributed by atoms with E-state index in [4.69, 9.17) is 15.3 Å². The second kappa shape index (κ2) is 5.78. The molecule has 0 saturated carbocycles. The highest BCUT2D eigenvalue weighted by Crippen LogP contribution is 2.32. The summed E-state index contributed by atoms with van der Waals surface area (Å²) < 4.78 is 28.2. The summed E-state index contributed by atoms with van der Waals surface area (Å²) in [6, 6.07) is 9.37. The molecular formula is C15H16N2O4S. The number of primary sulfonamides is 1. The Morgan fingerprint density at radius 3 is 2.32 bits per heavy atom. The molecule has 0 aliphatic carbocycles. The van der Waals surface area contributed by atoms with Crippen LogP contribution >= 0.6 is 0 Å². The van der Waals surface area contributed by atoms with Gasteiger partial charge in [-0.05, 0) is 13.0 Å². The second-order valence-electron chi connectivity index (χ2n) is 4.81. The van der Waals surface area contributed by atoms with Crippen molar-refractivity contribution >= 4 is 15.7 Å².